The summed E-state index contributed by atoms with van der Waals surface area (Å²) in [5.41, 5.74) is 2.56. The first-order valence-corrected chi connectivity index (χ1v) is 15.9. The number of hydrogen-bond donors (Lipinski definition) is 0. The highest BCUT2D eigenvalue weighted by Gasteiger charge is 2.37. The number of esters is 1. The average molecular weight is 544 g/mol. The summed E-state index contributed by atoms with van der Waals surface area (Å²) in [7, 11) is -1.99. The topological polar surface area (TPSA) is 89.4 Å². The van der Waals surface area contributed by atoms with Crippen LogP contribution < -0.4 is 4.90 Å². The molecule has 3 heterocycles. The Balaban J connectivity index is 1.26. The third kappa shape index (κ3) is 6.75. The molecular formula is C27H38FN5O4Si. The Hall–Kier alpha value is -2.89. The highest BCUT2D eigenvalue weighted by atomic mass is 28.4. The predicted molar refractivity (Wildman–Crippen MR) is 147 cm³/mol. The van der Waals surface area contributed by atoms with E-state index < -0.39 is 8.32 Å². The smallest absolute Gasteiger partial charge is 0.302 e. The minimum Gasteiger partial charge on any atom is -0.465 e. The van der Waals surface area contributed by atoms with E-state index in [1.807, 2.05) is 11.0 Å². The van der Waals surface area contributed by atoms with Gasteiger partial charge < -0.3 is 18.9 Å². The quantitative estimate of drug-likeness (QED) is 0.250. The summed E-state index contributed by atoms with van der Waals surface area (Å²) in [4.78, 5) is 29.5. The lowest BCUT2D eigenvalue weighted by Crippen LogP contribution is -2.53. The molecule has 0 atom stereocenters. The number of nitrogens with zero attached hydrogens (tertiary/aromatic N) is 5. The zero-order chi connectivity index (χ0) is 27.5. The van der Waals surface area contributed by atoms with E-state index in [1.165, 1.54) is 6.92 Å². The molecule has 0 spiro atoms. The summed E-state index contributed by atoms with van der Waals surface area (Å²) >= 11 is 0. The van der Waals surface area contributed by atoms with E-state index in [-0.39, 0.29) is 29.5 Å². The van der Waals surface area contributed by atoms with Crippen LogP contribution in [0.2, 0.25) is 18.1 Å². The lowest BCUT2D eigenvalue weighted by Gasteiger charge is -2.38. The molecule has 1 aromatic carbocycles. The molecule has 0 saturated carbocycles. The predicted octanol–water partition coefficient (Wildman–Crippen LogP) is 4.24. The van der Waals surface area contributed by atoms with Crippen LogP contribution in [0.1, 0.15) is 33.3 Å². The summed E-state index contributed by atoms with van der Waals surface area (Å²) in [6, 6.07) is 5.36. The van der Waals surface area contributed by atoms with Gasteiger partial charge in [-0.1, -0.05) is 44.1 Å². The molecular weight excluding hydrogens is 505 g/mol. The van der Waals surface area contributed by atoms with Gasteiger partial charge in [0.2, 0.25) is 5.95 Å². The number of halogens is 1. The van der Waals surface area contributed by atoms with E-state index in [0.29, 0.717) is 48.9 Å². The van der Waals surface area contributed by atoms with Crippen LogP contribution in [0.25, 0.3) is 11.1 Å². The number of carbonyl (C=O) groups is 1. The van der Waals surface area contributed by atoms with Crippen molar-refractivity contribution < 1.29 is 23.2 Å². The second kappa shape index (κ2) is 11.5. The maximum atomic E-state index is 15.3. The maximum absolute atomic E-state index is 15.3. The maximum Gasteiger partial charge on any atom is 0.302 e. The van der Waals surface area contributed by atoms with Gasteiger partial charge in [-0.15, -0.1) is 0 Å². The lowest BCUT2D eigenvalue weighted by molar-refractivity contribution is -0.142. The van der Waals surface area contributed by atoms with Gasteiger partial charge >= 0.3 is 5.97 Å². The molecule has 0 N–H and O–H groups in total. The molecule has 0 unspecified atom stereocenters. The largest absolute Gasteiger partial charge is 0.465 e. The average Bonchev–Trinajstić information content (AvgIpc) is 2.79. The van der Waals surface area contributed by atoms with Gasteiger partial charge in [0.1, 0.15) is 12.4 Å². The van der Waals surface area contributed by atoms with Gasteiger partial charge in [0, 0.05) is 55.6 Å². The number of carbonyl (C=O) groups excluding carboxylic acids is 1. The molecule has 2 aromatic rings. The molecule has 2 fully saturated rings. The van der Waals surface area contributed by atoms with E-state index in [2.05, 4.69) is 53.9 Å². The number of ether oxygens (including phenoxy) is 1. The van der Waals surface area contributed by atoms with Gasteiger partial charge in [-0.05, 0) is 18.1 Å². The van der Waals surface area contributed by atoms with E-state index in [4.69, 9.17) is 14.0 Å². The van der Waals surface area contributed by atoms with E-state index >= 15 is 4.39 Å². The summed E-state index contributed by atoms with van der Waals surface area (Å²) in [5.74, 6) is 0.0201. The number of aromatic nitrogens is 2. The third-order valence-corrected chi connectivity index (χ3v) is 11.9. The van der Waals surface area contributed by atoms with Crippen molar-refractivity contribution in [2.45, 2.75) is 58.5 Å². The van der Waals surface area contributed by atoms with Crippen LogP contribution in [0.3, 0.4) is 0 Å². The molecule has 2 aliphatic heterocycles. The van der Waals surface area contributed by atoms with Crippen molar-refractivity contribution in [1.82, 2.24) is 14.9 Å². The van der Waals surface area contributed by atoms with Crippen LogP contribution in [0, 0.1) is 5.82 Å². The highest BCUT2D eigenvalue weighted by molar-refractivity contribution is 6.74. The van der Waals surface area contributed by atoms with Crippen LogP contribution in [-0.4, -0.2) is 80.3 Å². The van der Waals surface area contributed by atoms with Gasteiger partial charge in [-0.2, -0.15) is 0 Å². The zero-order valence-corrected chi connectivity index (χ0v) is 24.2. The second-order valence-electron chi connectivity index (χ2n) is 11.4. The van der Waals surface area contributed by atoms with Gasteiger partial charge in [0.05, 0.1) is 25.4 Å². The van der Waals surface area contributed by atoms with Gasteiger partial charge in [0.25, 0.3) is 0 Å². The van der Waals surface area contributed by atoms with Crippen LogP contribution in [0.4, 0.5) is 10.3 Å². The second-order valence-corrected chi connectivity index (χ2v) is 16.2. The third-order valence-electron chi connectivity index (χ3n) is 7.42. The molecule has 2 aliphatic rings. The minimum atomic E-state index is -1.99. The molecule has 0 radical (unpaired) electrons. The SMILES string of the molecule is CC(=O)OCCN1CC(ON=C2CN(c3ncc(-c4cccc(CO[Si](C)(C)C(C)(C)C)c4F)cn3)C2)C1. The molecule has 4 rings (SSSR count). The summed E-state index contributed by atoms with van der Waals surface area (Å²) < 4.78 is 26.5. The summed E-state index contributed by atoms with van der Waals surface area (Å²) in [6.45, 7) is 16.3. The Bertz CT molecular complexity index is 1160. The van der Waals surface area contributed by atoms with Crippen molar-refractivity contribution in [3.63, 3.8) is 0 Å². The molecule has 0 aliphatic carbocycles. The molecule has 206 valence electrons. The van der Waals surface area contributed by atoms with Gasteiger partial charge in [-0.25, -0.2) is 14.4 Å². The number of oxime groups is 1. The Morgan fingerprint density at radius 1 is 1.18 bits per heavy atom. The first kappa shape index (κ1) is 28.1. The van der Waals surface area contributed by atoms with Crippen molar-refractivity contribution in [3.8, 4) is 11.1 Å². The van der Waals surface area contributed by atoms with Crippen molar-refractivity contribution in [3.05, 3.63) is 42.0 Å². The summed E-state index contributed by atoms with van der Waals surface area (Å²) in [5, 5.41) is 4.31. The number of benzene rings is 1. The Kier molecular flexibility index (Phi) is 8.48. The molecule has 2 saturated heterocycles. The normalized spacial score (nSPS) is 16.6. The first-order chi connectivity index (χ1) is 17.9. The molecule has 1 aromatic heterocycles. The Labute approximate surface area is 225 Å². The first-order valence-electron chi connectivity index (χ1n) is 13.0. The van der Waals surface area contributed by atoms with Crippen molar-refractivity contribution in [1.29, 1.82) is 0 Å². The number of rotatable bonds is 10. The molecule has 0 bridgehead atoms. The van der Waals surface area contributed by atoms with Crippen molar-refractivity contribution in [2.24, 2.45) is 5.16 Å². The highest BCUT2D eigenvalue weighted by Crippen LogP contribution is 2.37. The van der Waals surface area contributed by atoms with E-state index in [9.17, 15) is 4.79 Å². The Morgan fingerprint density at radius 3 is 2.50 bits per heavy atom. The monoisotopic (exact) mass is 543 g/mol. The standard InChI is InChI=1S/C27H38FN5O4Si/c1-19(34)35-11-10-32-16-23(17-32)37-31-22-14-33(15-22)26-29-12-21(13-30-26)24-9-7-8-20(25(24)28)18-36-38(5,6)27(2,3)4/h7-9,12-13,23H,10-11,14-18H2,1-6H3. The van der Waals surface area contributed by atoms with Gasteiger partial charge in [-0.3, -0.25) is 9.69 Å². The minimum absolute atomic E-state index is 0.0577. The fraction of sp³-hybridized carbons (Fsp3) is 0.556. The van der Waals surface area contributed by atoms with E-state index in [0.717, 1.165) is 18.8 Å². The van der Waals surface area contributed by atoms with Crippen LogP contribution in [-0.2, 0) is 25.4 Å². The summed E-state index contributed by atoms with van der Waals surface area (Å²) in [6.07, 6.45) is 3.37. The van der Waals surface area contributed by atoms with Crippen LogP contribution in [0.15, 0.2) is 35.7 Å². The number of anilines is 1. The van der Waals surface area contributed by atoms with Crippen molar-refractivity contribution >= 4 is 25.9 Å². The molecule has 0 amide bonds. The van der Waals surface area contributed by atoms with Crippen LogP contribution in [0.5, 0.6) is 0 Å². The number of hydrogen-bond acceptors (Lipinski definition) is 9. The van der Waals surface area contributed by atoms with Crippen molar-refractivity contribution in [2.75, 3.05) is 44.2 Å². The fourth-order valence-electron chi connectivity index (χ4n) is 3.85. The van der Waals surface area contributed by atoms with E-state index in [1.54, 1.807) is 24.5 Å². The van der Waals surface area contributed by atoms with Gasteiger partial charge in [0.15, 0.2) is 14.4 Å². The van der Waals surface area contributed by atoms with Crippen LogP contribution >= 0.6 is 0 Å². The Morgan fingerprint density at radius 2 is 1.87 bits per heavy atom. The molecule has 9 nitrogen and oxygen atoms in total. The number of likely N-dealkylation sites (tertiary alicyclic amines) is 1. The molecule has 11 heteroatoms. The fourth-order valence-corrected chi connectivity index (χ4v) is 4.79. The molecule has 38 heavy (non-hydrogen) atoms. The zero-order valence-electron chi connectivity index (χ0n) is 23.2. The lowest BCUT2D eigenvalue weighted by atomic mass is 10.1.